The molecule has 7 nitrogen and oxygen atoms in total. The standard InChI is InChI=1S/C17H23N3O4/c1-12-4-5-15(24-2)14(8-12)20-10-13(9-16(20)22)17(23)19-7-3-6-18-11-21/h4-5,8,11,13H,3,6-7,9-10H2,1-2H3,(H,18,21)(H,19,23). The van der Waals surface area contributed by atoms with E-state index < -0.39 is 0 Å². The van der Waals surface area contributed by atoms with E-state index in [1.165, 1.54) is 0 Å². The summed E-state index contributed by atoms with van der Waals surface area (Å²) in [5.74, 6) is 0.0296. The molecule has 0 spiro atoms. The first-order chi connectivity index (χ1) is 11.6. The lowest BCUT2D eigenvalue weighted by molar-refractivity contribution is -0.126. The molecule has 24 heavy (non-hydrogen) atoms. The van der Waals surface area contributed by atoms with Gasteiger partial charge in [-0.3, -0.25) is 14.4 Å². The van der Waals surface area contributed by atoms with Gasteiger partial charge in [0.1, 0.15) is 5.75 Å². The van der Waals surface area contributed by atoms with Gasteiger partial charge in [0.15, 0.2) is 0 Å². The molecule has 1 aromatic carbocycles. The zero-order valence-electron chi connectivity index (χ0n) is 14.0. The van der Waals surface area contributed by atoms with E-state index in [4.69, 9.17) is 4.74 Å². The van der Waals surface area contributed by atoms with E-state index in [0.717, 1.165) is 5.56 Å². The second-order valence-electron chi connectivity index (χ2n) is 5.80. The van der Waals surface area contributed by atoms with Gasteiger partial charge in [0.2, 0.25) is 18.2 Å². The van der Waals surface area contributed by atoms with Crippen molar-refractivity contribution in [1.29, 1.82) is 0 Å². The fourth-order valence-electron chi connectivity index (χ4n) is 2.73. The predicted molar refractivity (Wildman–Crippen MR) is 89.9 cm³/mol. The van der Waals surface area contributed by atoms with Crippen molar-refractivity contribution < 1.29 is 19.1 Å². The van der Waals surface area contributed by atoms with Gasteiger partial charge in [0.25, 0.3) is 0 Å². The first kappa shape index (κ1) is 17.8. The Labute approximate surface area is 141 Å². The number of nitrogens with one attached hydrogen (secondary N) is 2. The van der Waals surface area contributed by atoms with Crippen LogP contribution in [0, 0.1) is 12.8 Å². The highest BCUT2D eigenvalue weighted by Gasteiger charge is 2.36. The number of rotatable bonds is 8. The van der Waals surface area contributed by atoms with Gasteiger partial charge in [0.05, 0.1) is 18.7 Å². The molecule has 1 unspecified atom stereocenters. The van der Waals surface area contributed by atoms with Crippen LogP contribution in [0.15, 0.2) is 18.2 Å². The molecule has 0 bridgehead atoms. The van der Waals surface area contributed by atoms with Crippen LogP contribution < -0.4 is 20.3 Å². The molecule has 0 aromatic heterocycles. The second kappa shape index (κ2) is 8.33. The summed E-state index contributed by atoms with van der Waals surface area (Å²) in [6.07, 6.45) is 1.47. The first-order valence-corrected chi connectivity index (χ1v) is 7.96. The van der Waals surface area contributed by atoms with Crippen molar-refractivity contribution in [2.24, 2.45) is 5.92 Å². The third kappa shape index (κ3) is 4.24. The number of ether oxygens (including phenoxy) is 1. The van der Waals surface area contributed by atoms with E-state index in [1.807, 2.05) is 25.1 Å². The second-order valence-corrected chi connectivity index (χ2v) is 5.80. The summed E-state index contributed by atoms with van der Waals surface area (Å²) in [7, 11) is 1.56. The van der Waals surface area contributed by atoms with Gasteiger partial charge in [-0.2, -0.15) is 0 Å². The van der Waals surface area contributed by atoms with Crippen molar-refractivity contribution in [1.82, 2.24) is 10.6 Å². The Kier molecular flexibility index (Phi) is 6.17. The molecule has 0 radical (unpaired) electrons. The quantitative estimate of drug-likeness (QED) is 0.539. The summed E-state index contributed by atoms with van der Waals surface area (Å²) in [6.45, 7) is 3.27. The maximum absolute atomic E-state index is 12.3. The van der Waals surface area contributed by atoms with E-state index in [0.29, 0.717) is 43.9 Å². The molecule has 0 saturated carbocycles. The van der Waals surface area contributed by atoms with Crippen molar-refractivity contribution >= 4 is 23.9 Å². The number of aryl methyl sites for hydroxylation is 1. The number of methoxy groups -OCH3 is 1. The molecular weight excluding hydrogens is 310 g/mol. The lowest BCUT2D eigenvalue weighted by atomic mass is 10.1. The number of benzene rings is 1. The van der Waals surface area contributed by atoms with E-state index in [-0.39, 0.29) is 24.2 Å². The number of hydrogen-bond donors (Lipinski definition) is 2. The molecule has 2 rings (SSSR count). The highest BCUT2D eigenvalue weighted by Crippen LogP contribution is 2.33. The molecule has 3 amide bonds. The Morgan fingerprint density at radius 1 is 1.42 bits per heavy atom. The highest BCUT2D eigenvalue weighted by molar-refractivity contribution is 6.01. The third-order valence-corrected chi connectivity index (χ3v) is 4.00. The fourth-order valence-corrected chi connectivity index (χ4v) is 2.73. The van der Waals surface area contributed by atoms with Gasteiger partial charge in [-0.05, 0) is 31.0 Å². The molecule has 1 heterocycles. The smallest absolute Gasteiger partial charge is 0.227 e. The minimum absolute atomic E-state index is 0.0818. The van der Waals surface area contributed by atoms with Gasteiger partial charge < -0.3 is 20.3 Å². The minimum Gasteiger partial charge on any atom is -0.495 e. The average molecular weight is 333 g/mol. The molecule has 7 heteroatoms. The summed E-state index contributed by atoms with van der Waals surface area (Å²) in [4.78, 5) is 36.3. The Morgan fingerprint density at radius 3 is 2.92 bits per heavy atom. The maximum atomic E-state index is 12.3. The molecule has 1 aliphatic rings. The number of carbonyl (C=O) groups excluding carboxylic acids is 3. The van der Waals surface area contributed by atoms with Crippen LogP contribution in [0.1, 0.15) is 18.4 Å². The SMILES string of the molecule is COc1ccc(C)cc1N1CC(C(=O)NCCCNC=O)CC1=O. The van der Waals surface area contributed by atoms with Crippen LogP contribution >= 0.6 is 0 Å². The van der Waals surface area contributed by atoms with E-state index >= 15 is 0 Å². The van der Waals surface area contributed by atoms with Crippen molar-refractivity contribution in [2.45, 2.75) is 19.8 Å². The van der Waals surface area contributed by atoms with Crippen LogP contribution in [0.25, 0.3) is 0 Å². The topological polar surface area (TPSA) is 87.7 Å². The summed E-state index contributed by atoms with van der Waals surface area (Å²) >= 11 is 0. The molecule has 1 aliphatic heterocycles. The molecule has 1 aromatic rings. The van der Waals surface area contributed by atoms with Crippen LogP contribution in [0.4, 0.5) is 5.69 Å². The van der Waals surface area contributed by atoms with E-state index in [2.05, 4.69) is 10.6 Å². The van der Waals surface area contributed by atoms with Gasteiger partial charge in [-0.1, -0.05) is 6.07 Å². The molecule has 1 fully saturated rings. The van der Waals surface area contributed by atoms with Gasteiger partial charge in [0, 0.05) is 26.1 Å². The molecule has 1 atom stereocenters. The number of carbonyl (C=O) groups is 3. The summed E-state index contributed by atoms with van der Waals surface area (Å²) in [6, 6.07) is 5.63. The van der Waals surface area contributed by atoms with Crippen LogP contribution in [0.2, 0.25) is 0 Å². The lowest BCUT2D eigenvalue weighted by Crippen LogP contribution is -2.34. The first-order valence-electron chi connectivity index (χ1n) is 7.96. The number of hydrogen-bond acceptors (Lipinski definition) is 4. The minimum atomic E-state index is -0.373. The molecule has 2 N–H and O–H groups in total. The van der Waals surface area contributed by atoms with Crippen LogP contribution in [0.5, 0.6) is 5.75 Å². The number of amides is 3. The van der Waals surface area contributed by atoms with Crippen LogP contribution in [-0.4, -0.2) is 45.0 Å². The zero-order valence-corrected chi connectivity index (χ0v) is 14.0. The lowest BCUT2D eigenvalue weighted by Gasteiger charge is -2.20. The average Bonchev–Trinajstić information content (AvgIpc) is 2.96. The number of anilines is 1. The van der Waals surface area contributed by atoms with Crippen molar-refractivity contribution in [2.75, 3.05) is 31.6 Å². The monoisotopic (exact) mass is 333 g/mol. The number of nitrogens with zero attached hydrogens (tertiary/aromatic N) is 1. The fraction of sp³-hybridized carbons (Fsp3) is 0.471. The normalized spacial score (nSPS) is 16.8. The summed E-state index contributed by atoms with van der Waals surface area (Å²) in [5, 5.41) is 5.35. The third-order valence-electron chi connectivity index (χ3n) is 4.00. The van der Waals surface area contributed by atoms with E-state index in [9.17, 15) is 14.4 Å². The molecule has 0 aliphatic carbocycles. The Bertz CT molecular complexity index is 618. The van der Waals surface area contributed by atoms with Gasteiger partial charge >= 0.3 is 0 Å². The Hall–Kier alpha value is -2.57. The van der Waals surface area contributed by atoms with Crippen LogP contribution in [0.3, 0.4) is 0 Å². The molecule has 130 valence electrons. The highest BCUT2D eigenvalue weighted by atomic mass is 16.5. The summed E-state index contributed by atoms with van der Waals surface area (Å²) < 4.78 is 5.33. The van der Waals surface area contributed by atoms with Crippen molar-refractivity contribution in [3.63, 3.8) is 0 Å². The predicted octanol–water partition coefficient (Wildman–Crippen LogP) is 0.609. The van der Waals surface area contributed by atoms with E-state index in [1.54, 1.807) is 12.0 Å². The Morgan fingerprint density at radius 2 is 2.21 bits per heavy atom. The Balaban J connectivity index is 1.97. The molecular formula is C17H23N3O4. The van der Waals surface area contributed by atoms with Gasteiger partial charge in [-0.15, -0.1) is 0 Å². The van der Waals surface area contributed by atoms with Gasteiger partial charge in [-0.25, -0.2) is 0 Å². The summed E-state index contributed by atoms with van der Waals surface area (Å²) in [5.41, 5.74) is 1.72. The van der Waals surface area contributed by atoms with Crippen molar-refractivity contribution in [3.8, 4) is 5.75 Å². The zero-order chi connectivity index (χ0) is 17.5. The molecule has 1 saturated heterocycles. The van der Waals surface area contributed by atoms with Crippen molar-refractivity contribution in [3.05, 3.63) is 23.8 Å². The van der Waals surface area contributed by atoms with Crippen LogP contribution in [-0.2, 0) is 14.4 Å². The largest absolute Gasteiger partial charge is 0.495 e. The maximum Gasteiger partial charge on any atom is 0.227 e.